The normalized spacial score (nSPS) is 12.0. The van der Waals surface area contributed by atoms with Crippen LogP contribution in [0.15, 0.2) is 108 Å². The Morgan fingerprint density at radius 1 is 0.571 bits per heavy atom. The summed E-state index contributed by atoms with van der Waals surface area (Å²) in [5, 5.41) is 37.9. The maximum absolute atomic E-state index is 13.1. The molecule has 0 radical (unpaired) electrons. The van der Waals surface area contributed by atoms with Gasteiger partial charge in [0, 0.05) is 39.0 Å². The van der Waals surface area contributed by atoms with Gasteiger partial charge in [0.25, 0.3) is 0 Å². The number of aliphatic carboxylic acids is 1. The number of nitrogens with two attached hydrogens (primary N) is 1. The molecule has 504 valence electrons. The summed E-state index contributed by atoms with van der Waals surface area (Å²) in [5.74, 6) is -0.843. The number of urea groups is 1. The first-order chi connectivity index (χ1) is 43.9. The Hall–Kier alpha value is -8.00. The zero-order valence-electron chi connectivity index (χ0n) is 53.8. The van der Waals surface area contributed by atoms with Crippen molar-refractivity contribution in [2.45, 2.75) is 168 Å². The summed E-state index contributed by atoms with van der Waals surface area (Å²) in [7, 11) is 0. The number of esters is 1. The lowest BCUT2D eigenvalue weighted by Gasteiger charge is -2.25. The predicted molar refractivity (Wildman–Crippen MR) is 341 cm³/mol. The lowest BCUT2D eigenvalue weighted by Crippen LogP contribution is -2.53. The van der Waals surface area contributed by atoms with Gasteiger partial charge in [-0.2, -0.15) is 4.99 Å². The number of aliphatic imine (C=N–C) groups is 1. The SMILES string of the molecule is CCCCCNC(=O)C(Cc1ccc(OC(COO)COO)cc1)NC(=O)N(CC(=O)O)Cc1ccccc1.CCCCCNC(=O)C(Cc1ccc(OC(COOCC)C(=O)OCC)cc1)N=C=O.CCCCCNC(=O)[C@@H](N)Cc1ccc(OC(C)C)cc1. The van der Waals surface area contributed by atoms with Gasteiger partial charge in [-0.25, -0.2) is 33.9 Å². The molecule has 4 atom stereocenters. The van der Waals surface area contributed by atoms with Crippen LogP contribution in [0.3, 0.4) is 0 Å². The average molecular weight is 1280 g/mol. The first kappa shape index (κ1) is 79.1. The molecule has 3 unspecified atom stereocenters. The number of hydrogen-bond acceptors (Lipinski definition) is 19. The molecule has 0 bridgehead atoms. The van der Waals surface area contributed by atoms with Crippen molar-refractivity contribution in [1.29, 1.82) is 0 Å². The molecule has 0 saturated heterocycles. The number of benzene rings is 4. The number of carboxylic acids is 1. The zero-order valence-corrected chi connectivity index (χ0v) is 53.8. The Morgan fingerprint density at radius 3 is 1.55 bits per heavy atom. The van der Waals surface area contributed by atoms with Crippen molar-refractivity contribution in [3.8, 4) is 17.2 Å². The fourth-order valence-corrected chi connectivity index (χ4v) is 8.42. The smallest absolute Gasteiger partial charge is 0.349 e. The highest BCUT2D eigenvalue weighted by molar-refractivity contribution is 5.88. The van der Waals surface area contributed by atoms with E-state index < -0.39 is 54.8 Å². The number of isocyanates is 1. The minimum absolute atomic E-state index is 0.0616. The molecule has 4 aromatic rings. The maximum Gasteiger partial charge on any atom is 0.349 e. The second-order valence-corrected chi connectivity index (χ2v) is 21.2. The molecule has 0 saturated carbocycles. The summed E-state index contributed by atoms with van der Waals surface area (Å²) in [5.41, 5.74) is 9.22. The summed E-state index contributed by atoms with van der Waals surface area (Å²) < 4.78 is 21.8. The van der Waals surface area contributed by atoms with Gasteiger partial charge in [-0.3, -0.25) is 29.7 Å². The number of nitrogens with one attached hydrogen (secondary N) is 4. The predicted octanol–water partition coefficient (Wildman–Crippen LogP) is 8.10. The number of amides is 5. The van der Waals surface area contributed by atoms with Gasteiger partial charge >= 0.3 is 18.0 Å². The molecule has 5 amide bonds. The molecule has 91 heavy (non-hydrogen) atoms. The van der Waals surface area contributed by atoms with E-state index in [2.05, 4.69) is 56.8 Å². The molecule has 4 aromatic carbocycles. The minimum atomic E-state index is -1.17. The second-order valence-electron chi connectivity index (χ2n) is 21.2. The van der Waals surface area contributed by atoms with Crippen molar-refractivity contribution < 1.29 is 87.7 Å². The monoisotopic (exact) mass is 1280 g/mol. The number of carboxylic acid groups (broad SMARTS) is 1. The molecule has 25 nitrogen and oxygen atoms in total. The van der Waals surface area contributed by atoms with Crippen LogP contribution < -0.4 is 41.2 Å². The van der Waals surface area contributed by atoms with Gasteiger partial charge in [0.15, 0.2) is 6.10 Å². The molecule has 4 rings (SSSR count). The Labute approximate surface area is 534 Å². The number of carbonyl (C=O) groups excluding carboxylic acids is 6. The summed E-state index contributed by atoms with van der Waals surface area (Å²) >= 11 is 0. The van der Waals surface area contributed by atoms with Crippen molar-refractivity contribution in [1.82, 2.24) is 26.2 Å². The van der Waals surface area contributed by atoms with E-state index in [-0.39, 0.29) is 69.6 Å². The Balaban J connectivity index is 0.000000486. The van der Waals surface area contributed by atoms with Gasteiger partial charge in [-0.05, 0) is 112 Å². The molecule has 0 aliphatic carbocycles. The van der Waals surface area contributed by atoms with E-state index in [1.807, 2.05) is 44.2 Å². The summed E-state index contributed by atoms with van der Waals surface area (Å²) in [6.45, 7) is 14.9. The third kappa shape index (κ3) is 35.8. The van der Waals surface area contributed by atoms with Crippen LogP contribution in [0.2, 0.25) is 0 Å². The van der Waals surface area contributed by atoms with E-state index in [1.165, 1.54) is 6.08 Å². The van der Waals surface area contributed by atoms with Gasteiger partial charge < -0.3 is 56.0 Å². The van der Waals surface area contributed by atoms with Crippen LogP contribution in [-0.4, -0.2) is 158 Å². The lowest BCUT2D eigenvalue weighted by atomic mass is 10.0. The molecule has 0 aliphatic rings. The third-order valence-corrected chi connectivity index (χ3v) is 13.1. The van der Waals surface area contributed by atoms with E-state index in [0.717, 1.165) is 85.1 Å². The Kier molecular flexibility index (Phi) is 42.4. The minimum Gasteiger partial charge on any atom is -0.491 e. The highest BCUT2D eigenvalue weighted by Crippen LogP contribution is 2.19. The number of nitrogens with zero attached hydrogens (tertiary/aromatic N) is 2. The summed E-state index contributed by atoms with van der Waals surface area (Å²) in [6.07, 6.45) is 9.77. The van der Waals surface area contributed by atoms with E-state index in [0.29, 0.717) is 49.7 Å². The van der Waals surface area contributed by atoms with Crippen LogP contribution in [0, 0.1) is 0 Å². The Bertz CT molecular complexity index is 2680. The van der Waals surface area contributed by atoms with E-state index >= 15 is 0 Å². The molecule has 0 aromatic heterocycles. The quantitative estimate of drug-likeness (QED) is 0.00518. The number of rotatable bonds is 43. The molecule has 0 fully saturated rings. The molecule has 0 heterocycles. The number of unbranched alkanes of at least 4 members (excludes halogenated alkanes) is 6. The lowest BCUT2D eigenvalue weighted by molar-refractivity contribution is -0.299. The first-order valence-corrected chi connectivity index (χ1v) is 31.1. The highest BCUT2D eigenvalue weighted by atomic mass is 17.2. The second kappa shape index (κ2) is 48.8. The average Bonchev–Trinajstić information content (AvgIpc) is 1.95. The summed E-state index contributed by atoms with van der Waals surface area (Å²) in [4.78, 5) is 107. The van der Waals surface area contributed by atoms with Gasteiger partial charge in [0.1, 0.15) is 55.7 Å². The first-order valence-electron chi connectivity index (χ1n) is 31.1. The van der Waals surface area contributed by atoms with E-state index in [4.69, 9.17) is 45.0 Å². The van der Waals surface area contributed by atoms with Gasteiger partial charge in [0.2, 0.25) is 29.9 Å². The van der Waals surface area contributed by atoms with Gasteiger partial charge in [-0.1, -0.05) is 126 Å². The van der Waals surface area contributed by atoms with E-state index in [1.54, 1.807) is 86.6 Å². The van der Waals surface area contributed by atoms with Crippen LogP contribution >= 0.6 is 0 Å². The topological polar surface area (TPSA) is 344 Å². The molecular formula is C66H97N7O18. The van der Waals surface area contributed by atoms with Crippen molar-refractivity contribution >= 4 is 41.8 Å². The zero-order chi connectivity index (χ0) is 67.0. The number of carbonyl (C=O) groups is 6. The number of ether oxygens (including phenoxy) is 4. The van der Waals surface area contributed by atoms with Crippen molar-refractivity contribution in [2.75, 3.05) is 59.2 Å². The van der Waals surface area contributed by atoms with Gasteiger partial charge in [0.05, 0.1) is 25.4 Å². The van der Waals surface area contributed by atoms with Crippen LogP contribution in [0.4, 0.5) is 4.79 Å². The highest BCUT2D eigenvalue weighted by Gasteiger charge is 2.27. The molecule has 9 N–H and O–H groups in total. The number of hydrogen-bond donors (Lipinski definition) is 8. The van der Waals surface area contributed by atoms with Gasteiger partial charge in [-0.15, -0.1) is 0 Å². The molecule has 0 aliphatic heterocycles. The third-order valence-electron chi connectivity index (χ3n) is 13.1. The maximum atomic E-state index is 13.1. The summed E-state index contributed by atoms with van der Waals surface area (Å²) in [6, 6.07) is 27.2. The Morgan fingerprint density at radius 2 is 1.07 bits per heavy atom. The van der Waals surface area contributed by atoms with E-state index in [9.17, 15) is 38.7 Å². The van der Waals surface area contributed by atoms with Crippen LogP contribution in [0.1, 0.15) is 129 Å². The van der Waals surface area contributed by atoms with Crippen molar-refractivity contribution in [3.05, 3.63) is 125 Å². The van der Waals surface area contributed by atoms with Crippen LogP contribution in [0.25, 0.3) is 0 Å². The van der Waals surface area contributed by atoms with Crippen LogP contribution in [-0.2, 0) is 78.9 Å². The largest absolute Gasteiger partial charge is 0.491 e. The molecule has 0 spiro atoms. The fourth-order valence-electron chi connectivity index (χ4n) is 8.42. The van der Waals surface area contributed by atoms with Crippen molar-refractivity contribution in [3.63, 3.8) is 0 Å². The van der Waals surface area contributed by atoms with Crippen molar-refractivity contribution in [2.24, 2.45) is 10.7 Å². The molecular weight excluding hydrogens is 1180 g/mol. The fraction of sp³-hybridized carbons (Fsp3) is 0.530. The van der Waals surface area contributed by atoms with Crippen LogP contribution in [0.5, 0.6) is 17.2 Å². The molecule has 25 heteroatoms. The standard InChI is InChI=1S/C27H37N3O9.C22H32N2O7.C17H28N2O2/c1-2-3-7-14-28-26(33)24(15-20-10-12-22(13-11-20)39-23(18-37-35)19-38-36)29-27(34)30(17-25(31)32)16-21-8-5-4-6-9-21;1-4-7-8-13-23-21(26)19(24-16-25)14-17-9-11-18(12-10-17)31-20(15-30-29-6-3)22(27)28-5-2;1-4-5-6-11-19-17(20)16(18)12-14-7-9-15(10-8-14)21-13(2)3/h4-6,8-13,23-24,35-36H,2-3,7,14-19H2,1H3,(H,28,33)(H,29,34)(H,31,32);9-12,19-20H,4-8,13-15H2,1-3H3,(H,23,26);7-10,13,16H,4-6,11-12,18H2,1-3H3,(H,19,20)/t;;16-/m..0/s1.